The van der Waals surface area contributed by atoms with Gasteiger partial charge in [0, 0.05) is 23.3 Å². The molecule has 1 unspecified atom stereocenters. The number of piperidine rings is 1. The van der Waals surface area contributed by atoms with Gasteiger partial charge in [-0.3, -0.25) is 4.79 Å². The fraction of sp³-hybridized carbons (Fsp3) is 0.375. The number of anilines is 1. The van der Waals surface area contributed by atoms with Crippen molar-refractivity contribution >= 4 is 11.6 Å². The van der Waals surface area contributed by atoms with E-state index in [1.807, 2.05) is 0 Å². The molecule has 0 spiro atoms. The number of carbonyl (C=O) groups is 1. The van der Waals surface area contributed by atoms with E-state index in [0.29, 0.717) is 25.7 Å². The summed E-state index contributed by atoms with van der Waals surface area (Å²) in [7, 11) is 0. The number of aliphatic hydroxyl groups excluding tert-OH is 1. The van der Waals surface area contributed by atoms with Crippen molar-refractivity contribution in [3.05, 3.63) is 77.0 Å². The lowest BCUT2D eigenvalue weighted by Gasteiger charge is -2.42. The van der Waals surface area contributed by atoms with Crippen LogP contribution in [0.5, 0.6) is 0 Å². The largest absolute Gasteiger partial charge is 0.393 e. The van der Waals surface area contributed by atoms with Crippen LogP contribution in [0.2, 0.25) is 0 Å². The van der Waals surface area contributed by atoms with E-state index in [-0.39, 0.29) is 23.3 Å². The predicted octanol–water partition coefficient (Wildman–Crippen LogP) is 5.12. The molecule has 170 valence electrons. The number of amides is 1. The maximum Gasteiger partial charge on any atom is 0.312 e. The maximum absolute atomic E-state index is 15.4. The topological polar surface area (TPSA) is 52.6 Å². The number of nitrogens with one attached hydrogen (secondary N) is 1. The molecule has 4 rings (SSSR count). The first-order valence-electron chi connectivity index (χ1n) is 10.5. The van der Waals surface area contributed by atoms with Crippen LogP contribution in [0, 0.1) is 18.6 Å². The molecule has 8 heteroatoms. The van der Waals surface area contributed by atoms with Crippen molar-refractivity contribution in [2.24, 2.45) is 0 Å². The number of hydrogen-bond acceptors (Lipinski definition) is 3. The van der Waals surface area contributed by atoms with Crippen molar-refractivity contribution in [1.82, 2.24) is 4.90 Å². The van der Waals surface area contributed by atoms with Crippen molar-refractivity contribution in [3.63, 3.8) is 0 Å². The van der Waals surface area contributed by atoms with E-state index in [1.54, 1.807) is 4.90 Å². The standard InChI is InChI=1S/C24H24F4N2O2/c1-13-9-16(4-8-21(13)25)29-23(32)20-10-15(3-7-22(20)26)24(27,28)14(2)30-17-5-6-18(30)12-19(31)11-17/h3-4,7-10,17-19,31H,2,5-6,11-12H2,1H3,(H,29,32)/t17-,18+,19?. The molecule has 4 nitrogen and oxygen atoms in total. The van der Waals surface area contributed by atoms with Gasteiger partial charge in [-0.1, -0.05) is 6.58 Å². The Bertz CT molecular complexity index is 1060. The van der Waals surface area contributed by atoms with Gasteiger partial charge in [-0.15, -0.1) is 0 Å². The summed E-state index contributed by atoms with van der Waals surface area (Å²) in [5.74, 6) is -5.86. The number of fused-ring (bicyclic) bond motifs is 2. The number of hydrogen-bond donors (Lipinski definition) is 2. The summed E-state index contributed by atoms with van der Waals surface area (Å²) in [6.07, 6.45) is 1.69. The molecule has 0 saturated carbocycles. The van der Waals surface area contributed by atoms with Crippen LogP contribution in [0.3, 0.4) is 0 Å². The third-order valence-corrected chi connectivity index (χ3v) is 6.37. The number of aryl methyl sites for hydroxylation is 1. The van der Waals surface area contributed by atoms with Gasteiger partial charge in [0.1, 0.15) is 11.6 Å². The Hall–Kier alpha value is -2.87. The molecule has 0 aliphatic carbocycles. The molecule has 2 aliphatic rings. The van der Waals surface area contributed by atoms with Gasteiger partial charge in [0.25, 0.3) is 5.91 Å². The quantitative estimate of drug-likeness (QED) is 0.625. The minimum Gasteiger partial charge on any atom is -0.393 e. The Balaban J connectivity index is 1.59. The molecule has 1 amide bonds. The second-order valence-corrected chi connectivity index (χ2v) is 8.55. The summed E-state index contributed by atoms with van der Waals surface area (Å²) in [5, 5.41) is 12.4. The Labute approximate surface area is 183 Å². The summed E-state index contributed by atoms with van der Waals surface area (Å²) in [5.41, 5.74) is -1.01. The highest BCUT2D eigenvalue weighted by atomic mass is 19.3. The van der Waals surface area contributed by atoms with Crippen molar-refractivity contribution in [2.45, 2.75) is 56.7 Å². The molecule has 2 N–H and O–H groups in total. The van der Waals surface area contributed by atoms with Gasteiger partial charge in [0.05, 0.1) is 17.4 Å². The second kappa shape index (κ2) is 8.24. The minimum atomic E-state index is -3.53. The average Bonchev–Trinajstić information content (AvgIpc) is 3.00. The van der Waals surface area contributed by atoms with Gasteiger partial charge in [-0.2, -0.15) is 8.78 Å². The van der Waals surface area contributed by atoms with E-state index in [4.69, 9.17) is 0 Å². The zero-order chi connectivity index (χ0) is 23.2. The summed E-state index contributed by atoms with van der Waals surface area (Å²) >= 11 is 0. The number of allylic oxidation sites excluding steroid dienone is 1. The van der Waals surface area contributed by atoms with Gasteiger partial charge in [0.15, 0.2) is 0 Å². The third kappa shape index (κ3) is 3.99. The summed E-state index contributed by atoms with van der Waals surface area (Å²) in [4.78, 5) is 14.2. The number of benzene rings is 2. The lowest BCUT2D eigenvalue weighted by atomic mass is 9.95. The van der Waals surface area contributed by atoms with Crippen LogP contribution in [0.25, 0.3) is 0 Å². The van der Waals surface area contributed by atoms with Gasteiger partial charge < -0.3 is 15.3 Å². The molecule has 2 aromatic rings. The highest BCUT2D eigenvalue weighted by molar-refractivity contribution is 6.04. The number of nitrogens with zero attached hydrogens (tertiary/aromatic N) is 1. The molecule has 2 saturated heterocycles. The van der Waals surface area contributed by atoms with Gasteiger partial charge in [-0.05, 0) is 74.6 Å². The monoisotopic (exact) mass is 448 g/mol. The molecule has 32 heavy (non-hydrogen) atoms. The highest BCUT2D eigenvalue weighted by Crippen LogP contribution is 2.45. The smallest absolute Gasteiger partial charge is 0.312 e. The maximum atomic E-state index is 15.4. The molecule has 0 radical (unpaired) electrons. The summed E-state index contributed by atoms with van der Waals surface area (Å²) in [6, 6.07) is 5.99. The van der Waals surface area contributed by atoms with E-state index in [2.05, 4.69) is 11.9 Å². The minimum absolute atomic E-state index is 0.216. The average molecular weight is 448 g/mol. The van der Waals surface area contributed by atoms with Crippen molar-refractivity contribution in [2.75, 3.05) is 5.32 Å². The zero-order valence-electron chi connectivity index (χ0n) is 17.5. The third-order valence-electron chi connectivity index (χ3n) is 6.37. The van der Waals surface area contributed by atoms with Crippen LogP contribution >= 0.6 is 0 Å². The number of rotatable bonds is 5. The van der Waals surface area contributed by atoms with Gasteiger partial charge in [0.2, 0.25) is 0 Å². The van der Waals surface area contributed by atoms with Crippen molar-refractivity contribution < 1.29 is 27.5 Å². The zero-order valence-corrected chi connectivity index (χ0v) is 17.5. The number of aliphatic hydroxyl groups is 1. The molecular weight excluding hydrogens is 424 g/mol. The molecule has 2 bridgehead atoms. The van der Waals surface area contributed by atoms with E-state index < -0.39 is 46.4 Å². The Morgan fingerprint density at radius 1 is 1.09 bits per heavy atom. The molecule has 2 heterocycles. The van der Waals surface area contributed by atoms with Crippen molar-refractivity contribution in [3.8, 4) is 0 Å². The van der Waals surface area contributed by atoms with Crippen LogP contribution in [0.1, 0.15) is 47.2 Å². The summed E-state index contributed by atoms with van der Waals surface area (Å²) in [6.45, 7) is 5.14. The SMILES string of the molecule is C=C(N1[C@@H]2CC[C@H]1CC(O)C2)C(F)(F)c1ccc(F)c(C(=O)Nc2ccc(F)c(C)c2)c1. The van der Waals surface area contributed by atoms with E-state index in [1.165, 1.54) is 19.1 Å². The molecule has 2 aliphatic heterocycles. The molecule has 2 fully saturated rings. The molecular formula is C24H24F4N2O2. The van der Waals surface area contributed by atoms with E-state index >= 15 is 8.78 Å². The van der Waals surface area contributed by atoms with E-state index in [9.17, 15) is 18.7 Å². The Morgan fingerprint density at radius 2 is 1.72 bits per heavy atom. The Morgan fingerprint density at radius 3 is 2.34 bits per heavy atom. The first-order chi connectivity index (χ1) is 15.1. The number of halogens is 4. The number of alkyl halides is 2. The first-order valence-corrected chi connectivity index (χ1v) is 10.5. The van der Waals surface area contributed by atoms with Crippen molar-refractivity contribution in [1.29, 1.82) is 0 Å². The normalized spacial score (nSPS) is 22.7. The van der Waals surface area contributed by atoms with Crippen LogP contribution in [-0.4, -0.2) is 34.1 Å². The number of carbonyl (C=O) groups excluding carboxylic acids is 1. The lowest BCUT2D eigenvalue weighted by molar-refractivity contribution is -0.0259. The summed E-state index contributed by atoms with van der Waals surface area (Å²) < 4.78 is 58.6. The molecule has 0 aromatic heterocycles. The van der Waals surface area contributed by atoms with Crippen LogP contribution in [-0.2, 0) is 5.92 Å². The molecule has 2 aromatic carbocycles. The van der Waals surface area contributed by atoms with Gasteiger partial charge in [-0.25, -0.2) is 8.78 Å². The van der Waals surface area contributed by atoms with E-state index in [0.717, 1.165) is 24.3 Å². The lowest BCUT2D eigenvalue weighted by Crippen LogP contribution is -2.47. The fourth-order valence-electron chi connectivity index (χ4n) is 4.73. The fourth-order valence-corrected chi connectivity index (χ4v) is 4.73. The highest BCUT2D eigenvalue weighted by Gasteiger charge is 2.48. The van der Waals surface area contributed by atoms with Gasteiger partial charge >= 0.3 is 5.92 Å². The van der Waals surface area contributed by atoms with Crippen LogP contribution in [0.4, 0.5) is 23.2 Å². The molecule has 3 atom stereocenters. The Kier molecular flexibility index (Phi) is 5.75. The van der Waals surface area contributed by atoms with Crippen LogP contribution < -0.4 is 5.32 Å². The second-order valence-electron chi connectivity index (χ2n) is 8.55. The van der Waals surface area contributed by atoms with Crippen LogP contribution in [0.15, 0.2) is 48.7 Å². The predicted molar refractivity (Wildman–Crippen MR) is 112 cm³/mol. The first kappa shape index (κ1) is 22.3.